The molecule has 2 N–H and O–H groups in total. The molecule has 1 aromatic heterocycles. The number of benzene rings is 1. The van der Waals surface area contributed by atoms with Crippen LogP contribution in [0.1, 0.15) is 48.0 Å². The van der Waals surface area contributed by atoms with Gasteiger partial charge in [-0.15, -0.1) is 12.4 Å². The van der Waals surface area contributed by atoms with Gasteiger partial charge in [-0.2, -0.15) is 0 Å². The molecule has 1 saturated carbocycles. The van der Waals surface area contributed by atoms with E-state index in [-0.39, 0.29) is 50.0 Å². The van der Waals surface area contributed by atoms with Crippen LogP contribution in [-0.2, 0) is 4.79 Å². The molecule has 1 saturated heterocycles. The summed E-state index contributed by atoms with van der Waals surface area (Å²) in [5.41, 5.74) is 2.25. The molecule has 1 aromatic carbocycles. The third-order valence-electron chi connectivity index (χ3n) is 5.48. The number of carbonyl (C=O) groups is 1. The molecule has 2 aromatic rings. The fourth-order valence-electron chi connectivity index (χ4n) is 3.83. The van der Waals surface area contributed by atoms with Gasteiger partial charge in [0.15, 0.2) is 0 Å². The smallest absolute Gasteiger partial charge is 0.249 e. The maximum absolute atomic E-state index is 13.4. The Kier molecular flexibility index (Phi) is 6.49. The Morgan fingerprint density at radius 2 is 1.90 bits per heavy atom. The van der Waals surface area contributed by atoms with E-state index in [9.17, 15) is 18.0 Å². The van der Waals surface area contributed by atoms with E-state index in [1.165, 1.54) is 0 Å². The zero-order chi connectivity index (χ0) is 19.7. The van der Waals surface area contributed by atoms with E-state index in [1.54, 1.807) is 18.3 Å². The molecule has 0 bridgehead atoms. The lowest BCUT2D eigenvalue weighted by molar-refractivity contribution is -0.123. The minimum atomic E-state index is -2.58. The molecule has 2 aliphatic rings. The number of halogens is 4. The quantitative estimate of drug-likeness (QED) is 0.763. The van der Waals surface area contributed by atoms with Crippen LogP contribution in [0.4, 0.5) is 13.2 Å². The maximum Gasteiger partial charge on any atom is 0.249 e. The second-order valence-electron chi connectivity index (χ2n) is 7.62. The summed E-state index contributed by atoms with van der Waals surface area (Å²) in [6.45, 7) is 0.174. The zero-order valence-electron chi connectivity index (χ0n) is 15.7. The van der Waals surface area contributed by atoms with Crippen molar-refractivity contribution < 1.29 is 18.0 Å². The first-order chi connectivity index (χ1) is 13.4. The van der Waals surface area contributed by atoms with Gasteiger partial charge in [-0.1, -0.05) is 36.4 Å². The highest BCUT2D eigenvalue weighted by Crippen LogP contribution is 2.48. The van der Waals surface area contributed by atoms with Gasteiger partial charge >= 0.3 is 0 Å². The van der Waals surface area contributed by atoms with Gasteiger partial charge in [0, 0.05) is 32.0 Å². The monoisotopic (exact) mass is 425 g/mol. The summed E-state index contributed by atoms with van der Waals surface area (Å²) in [4.78, 5) is 17.0. The van der Waals surface area contributed by atoms with Gasteiger partial charge in [0.2, 0.25) is 11.8 Å². The van der Waals surface area contributed by atoms with Crippen LogP contribution in [-0.4, -0.2) is 35.6 Å². The van der Waals surface area contributed by atoms with E-state index in [2.05, 4.69) is 15.6 Å². The van der Waals surface area contributed by atoms with Crippen molar-refractivity contribution in [1.82, 2.24) is 15.6 Å². The molecule has 3 atom stereocenters. The van der Waals surface area contributed by atoms with Gasteiger partial charge < -0.3 is 10.6 Å². The SMILES string of the molecule is Cl.O=C(N[C@@H](c1ccccc1)c1ccc(C2CC(F)(F)C2)cn1)[C@@H]1C[C@@H](F)CN1. The molecule has 8 heteroatoms. The molecule has 1 aliphatic heterocycles. The van der Waals surface area contributed by atoms with Crippen molar-refractivity contribution in [2.45, 2.75) is 49.4 Å². The summed E-state index contributed by atoms with van der Waals surface area (Å²) < 4.78 is 39.7. The summed E-state index contributed by atoms with van der Waals surface area (Å²) in [6, 6.07) is 11.9. The highest BCUT2D eigenvalue weighted by molar-refractivity contribution is 5.85. The summed E-state index contributed by atoms with van der Waals surface area (Å²) in [6.07, 6.45) is 0.442. The Hall–Kier alpha value is -2.12. The molecule has 1 amide bonds. The van der Waals surface area contributed by atoms with Gasteiger partial charge in [-0.3, -0.25) is 9.78 Å². The summed E-state index contributed by atoms with van der Waals surface area (Å²) in [7, 11) is 0. The lowest BCUT2D eigenvalue weighted by atomic mass is 9.77. The first-order valence-electron chi connectivity index (χ1n) is 9.48. The highest BCUT2D eigenvalue weighted by Gasteiger charge is 2.45. The van der Waals surface area contributed by atoms with Crippen LogP contribution < -0.4 is 10.6 Å². The highest BCUT2D eigenvalue weighted by atomic mass is 35.5. The number of amides is 1. The number of alkyl halides is 3. The van der Waals surface area contributed by atoms with Crippen LogP contribution in [0.3, 0.4) is 0 Å². The number of pyridine rings is 1. The van der Waals surface area contributed by atoms with E-state index in [0.29, 0.717) is 5.69 Å². The van der Waals surface area contributed by atoms with Crippen molar-refractivity contribution in [2.75, 3.05) is 6.54 Å². The van der Waals surface area contributed by atoms with Crippen molar-refractivity contribution in [3.63, 3.8) is 0 Å². The number of rotatable bonds is 5. The average Bonchev–Trinajstić information content (AvgIpc) is 3.11. The molecule has 29 heavy (non-hydrogen) atoms. The molecule has 2 fully saturated rings. The van der Waals surface area contributed by atoms with Gasteiger partial charge in [0.1, 0.15) is 6.17 Å². The molecule has 2 heterocycles. The van der Waals surface area contributed by atoms with Crippen LogP contribution in [0.5, 0.6) is 0 Å². The molecule has 0 unspecified atom stereocenters. The summed E-state index contributed by atoms with van der Waals surface area (Å²) in [5, 5.41) is 5.83. The largest absolute Gasteiger partial charge is 0.342 e. The third-order valence-corrected chi connectivity index (χ3v) is 5.48. The minimum absolute atomic E-state index is 0. The van der Waals surface area contributed by atoms with Crippen molar-refractivity contribution in [3.05, 3.63) is 65.5 Å². The van der Waals surface area contributed by atoms with Crippen molar-refractivity contribution >= 4 is 18.3 Å². The molecule has 1 aliphatic carbocycles. The van der Waals surface area contributed by atoms with Crippen molar-refractivity contribution in [1.29, 1.82) is 0 Å². The fourth-order valence-corrected chi connectivity index (χ4v) is 3.83. The number of nitrogens with one attached hydrogen (secondary N) is 2. The second-order valence-corrected chi connectivity index (χ2v) is 7.62. The molecule has 156 valence electrons. The number of aromatic nitrogens is 1. The van der Waals surface area contributed by atoms with E-state index in [4.69, 9.17) is 0 Å². The van der Waals surface area contributed by atoms with Crippen LogP contribution in [0.2, 0.25) is 0 Å². The Labute approximate surface area is 173 Å². The van der Waals surface area contributed by atoms with E-state index in [0.717, 1.165) is 11.1 Å². The summed E-state index contributed by atoms with van der Waals surface area (Å²) in [5.74, 6) is -3.03. The zero-order valence-corrected chi connectivity index (χ0v) is 16.5. The summed E-state index contributed by atoms with van der Waals surface area (Å²) >= 11 is 0. The Bertz CT molecular complexity index is 827. The van der Waals surface area contributed by atoms with Crippen LogP contribution >= 0.6 is 12.4 Å². The number of hydrogen-bond donors (Lipinski definition) is 2. The predicted molar refractivity (Wildman–Crippen MR) is 106 cm³/mol. The lowest BCUT2D eigenvalue weighted by Crippen LogP contribution is -2.42. The van der Waals surface area contributed by atoms with E-state index >= 15 is 0 Å². The number of nitrogens with zero attached hydrogens (tertiary/aromatic N) is 1. The number of hydrogen-bond acceptors (Lipinski definition) is 3. The van der Waals surface area contributed by atoms with Gasteiger partial charge in [0.25, 0.3) is 0 Å². The van der Waals surface area contributed by atoms with E-state index in [1.807, 2.05) is 30.3 Å². The fraction of sp³-hybridized carbons (Fsp3) is 0.429. The third kappa shape index (κ3) is 4.90. The lowest BCUT2D eigenvalue weighted by Gasteiger charge is -2.35. The molecule has 0 spiro atoms. The Morgan fingerprint density at radius 1 is 1.17 bits per heavy atom. The standard InChI is InChI=1S/C21H22F3N3O.ClH/c22-16-8-18(26-12-16)20(28)27-19(13-4-2-1-3-5-13)17-7-6-14(11-25-17)15-9-21(23,24)10-15;/h1-7,11,15-16,18-19,26H,8-10,12H2,(H,27,28);1H/t16-,18+,19+;/m1./s1. The molecular weight excluding hydrogens is 403 g/mol. The number of carbonyl (C=O) groups excluding carboxylic acids is 1. The van der Waals surface area contributed by atoms with Crippen LogP contribution in [0.15, 0.2) is 48.7 Å². The first-order valence-corrected chi connectivity index (χ1v) is 9.48. The van der Waals surface area contributed by atoms with E-state index < -0.39 is 24.2 Å². The maximum atomic E-state index is 13.4. The Morgan fingerprint density at radius 3 is 2.45 bits per heavy atom. The van der Waals surface area contributed by atoms with Gasteiger partial charge in [-0.25, -0.2) is 13.2 Å². The van der Waals surface area contributed by atoms with Crippen LogP contribution in [0.25, 0.3) is 0 Å². The molecular formula is C21H23ClF3N3O. The molecule has 4 nitrogen and oxygen atoms in total. The van der Waals surface area contributed by atoms with Gasteiger partial charge in [-0.05, 0) is 23.1 Å². The molecule has 4 rings (SSSR count). The predicted octanol–water partition coefficient (Wildman–Crippen LogP) is 3.92. The van der Waals surface area contributed by atoms with Crippen molar-refractivity contribution in [3.8, 4) is 0 Å². The first kappa shape index (κ1) is 21.6. The normalized spacial score (nSPS) is 24.2. The minimum Gasteiger partial charge on any atom is -0.342 e. The molecule has 0 radical (unpaired) electrons. The second kappa shape index (κ2) is 8.71. The van der Waals surface area contributed by atoms with Crippen LogP contribution in [0, 0.1) is 0 Å². The van der Waals surface area contributed by atoms with Crippen molar-refractivity contribution in [2.24, 2.45) is 0 Å². The topological polar surface area (TPSA) is 54.0 Å². The average molecular weight is 426 g/mol. The Balaban J connectivity index is 0.00000240. The van der Waals surface area contributed by atoms with Gasteiger partial charge in [0.05, 0.1) is 17.8 Å².